The molecule has 0 aliphatic rings. The summed E-state index contributed by atoms with van der Waals surface area (Å²) in [6, 6.07) is -0.848. The molecule has 0 aliphatic heterocycles. The van der Waals surface area contributed by atoms with Gasteiger partial charge in [-0.2, -0.15) is 0 Å². The van der Waals surface area contributed by atoms with Crippen molar-refractivity contribution in [2.75, 3.05) is 40.9 Å². The molecule has 0 spiro atoms. The van der Waals surface area contributed by atoms with Crippen LogP contribution in [0.15, 0.2) is 24.3 Å². The first-order valence-electron chi connectivity index (χ1n) is 30.2. The highest BCUT2D eigenvalue weighted by molar-refractivity contribution is 7.47. The van der Waals surface area contributed by atoms with Crippen molar-refractivity contribution in [2.45, 2.75) is 315 Å². The van der Waals surface area contributed by atoms with Crippen molar-refractivity contribution in [3.8, 4) is 0 Å². The number of rotatable bonds is 56. The molecular formula is C60H120N2O6P+. The van der Waals surface area contributed by atoms with Crippen LogP contribution in [0.3, 0.4) is 0 Å². The van der Waals surface area contributed by atoms with Gasteiger partial charge in [0.15, 0.2) is 0 Å². The summed E-state index contributed by atoms with van der Waals surface area (Å²) < 4.78 is 23.7. The molecule has 0 saturated carbocycles. The number of aliphatic hydroxyl groups is 1. The molecular weight excluding hydrogens is 876 g/mol. The van der Waals surface area contributed by atoms with Crippen LogP contribution in [0.4, 0.5) is 0 Å². The second-order valence-electron chi connectivity index (χ2n) is 22.1. The van der Waals surface area contributed by atoms with Crippen LogP contribution in [-0.4, -0.2) is 73.4 Å². The van der Waals surface area contributed by atoms with Crippen LogP contribution in [0.5, 0.6) is 0 Å². The second-order valence-corrected chi connectivity index (χ2v) is 23.5. The Kier molecular flexibility index (Phi) is 51.1. The third-order valence-corrected chi connectivity index (χ3v) is 14.9. The fourth-order valence-electron chi connectivity index (χ4n) is 9.16. The Balaban J connectivity index is 4.13. The minimum absolute atomic E-state index is 0.0623. The zero-order valence-electron chi connectivity index (χ0n) is 46.8. The molecule has 0 radical (unpaired) electrons. The molecule has 0 aromatic carbocycles. The highest BCUT2D eigenvalue weighted by Gasteiger charge is 2.27. The number of amides is 1. The number of unbranched alkanes of at least 4 members (excludes halogenated alkanes) is 41. The zero-order valence-corrected chi connectivity index (χ0v) is 47.7. The number of aliphatic hydroxyl groups excluding tert-OH is 1. The van der Waals surface area contributed by atoms with E-state index in [0.29, 0.717) is 17.4 Å². The van der Waals surface area contributed by atoms with Crippen LogP contribution >= 0.6 is 7.82 Å². The summed E-state index contributed by atoms with van der Waals surface area (Å²) in [7, 11) is 1.58. The van der Waals surface area contributed by atoms with E-state index in [1.54, 1.807) is 6.08 Å². The summed E-state index contributed by atoms with van der Waals surface area (Å²) >= 11 is 0. The minimum Gasteiger partial charge on any atom is -0.387 e. The van der Waals surface area contributed by atoms with E-state index in [9.17, 15) is 19.4 Å². The van der Waals surface area contributed by atoms with Crippen LogP contribution in [0.2, 0.25) is 0 Å². The predicted molar refractivity (Wildman–Crippen MR) is 300 cm³/mol. The van der Waals surface area contributed by atoms with Crippen LogP contribution < -0.4 is 5.32 Å². The Hall–Kier alpha value is -1.02. The van der Waals surface area contributed by atoms with E-state index in [4.69, 9.17) is 9.05 Å². The summed E-state index contributed by atoms with van der Waals surface area (Å²) in [4.78, 5) is 23.3. The standard InChI is InChI=1S/C60H119N2O6P/c1-6-8-10-12-14-16-18-20-22-24-26-27-28-29-30-31-32-33-34-35-36-37-39-41-43-45-47-49-51-53-59(63)58(57-68-69(65,66)67-56-55-62(3,4)5)61-60(64)54-52-50-48-46-44-42-40-38-25-23-21-19-17-15-13-11-9-7-2/h23,25,51,53,58-59,63H,6-22,24,26-50,52,54-57H2,1-5H3,(H-,61,64,65,66)/p+1/b25-23-,53-51+. The first kappa shape index (κ1) is 68.0. The van der Waals surface area contributed by atoms with E-state index >= 15 is 0 Å². The second kappa shape index (κ2) is 51.9. The number of allylic oxidation sites excluding steroid dienone is 3. The van der Waals surface area contributed by atoms with Gasteiger partial charge in [-0.05, 0) is 44.9 Å². The van der Waals surface area contributed by atoms with E-state index in [-0.39, 0.29) is 19.1 Å². The van der Waals surface area contributed by atoms with Gasteiger partial charge in [0.1, 0.15) is 13.2 Å². The number of hydrogen-bond acceptors (Lipinski definition) is 5. The molecule has 410 valence electrons. The molecule has 0 saturated heterocycles. The number of quaternary nitrogens is 1. The Morgan fingerprint density at radius 3 is 1.12 bits per heavy atom. The molecule has 0 aromatic rings. The van der Waals surface area contributed by atoms with Crippen LogP contribution in [0.25, 0.3) is 0 Å². The molecule has 69 heavy (non-hydrogen) atoms. The van der Waals surface area contributed by atoms with Gasteiger partial charge in [0.25, 0.3) is 0 Å². The average Bonchev–Trinajstić information content (AvgIpc) is 3.31. The first-order chi connectivity index (χ1) is 33.5. The van der Waals surface area contributed by atoms with Gasteiger partial charge in [-0.15, -0.1) is 0 Å². The van der Waals surface area contributed by atoms with Gasteiger partial charge in [0.05, 0.1) is 39.9 Å². The third-order valence-electron chi connectivity index (χ3n) is 13.9. The summed E-state index contributed by atoms with van der Waals surface area (Å²) in [5.41, 5.74) is 0. The molecule has 3 atom stereocenters. The Morgan fingerprint density at radius 1 is 0.478 bits per heavy atom. The number of carbonyl (C=O) groups excluding carboxylic acids is 1. The lowest BCUT2D eigenvalue weighted by Crippen LogP contribution is -2.45. The fraction of sp³-hybridized carbons (Fsp3) is 0.917. The number of nitrogens with zero attached hydrogens (tertiary/aromatic N) is 1. The fourth-order valence-corrected chi connectivity index (χ4v) is 9.89. The van der Waals surface area contributed by atoms with Gasteiger partial charge in [-0.1, -0.05) is 276 Å². The number of phosphoric acid groups is 1. The molecule has 0 rings (SSSR count). The first-order valence-corrected chi connectivity index (χ1v) is 31.7. The van der Waals surface area contributed by atoms with Gasteiger partial charge in [-0.3, -0.25) is 13.8 Å². The molecule has 3 N–H and O–H groups in total. The molecule has 1 amide bonds. The maximum atomic E-state index is 13.0. The summed E-state index contributed by atoms with van der Waals surface area (Å²) in [5, 5.41) is 14.0. The summed E-state index contributed by atoms with van der Waals surface area (Å²) in [5.74, 6) is -0.177. The van der Waals surface area contributed by atoms with E-state index in [0.717, 1.165) is 38.5 Å². The van der Waals surface area contributed by atoms with Gasteiger partial charge < -0.3 is 19.8 Å². The van der Waals surface area contributed by atoms with Crippen LogP contribution in [0, 0.1) is 0 Å². The van der Waals surface area contributed by atoms with E-state index in [1.807, 2.05) is 27.2 Å². The predicted octanol–water partition coefficient (Wildman–Crippen LogP) is 18.4. The summed E-state index contributed by atoms with van der Waals surface area (Å²) in [6.07, 6.45) is 65.8. The number of carbonyl (C=O) groups is 1. The highest BCUT2D eigenvalue weighted by atomic mass is 31.2. The van der Waals surface area contributed by atoms with Crippen molar-refractivity contribution in [1.82, 2.24) is 5.32 Å². The number of hydrogen-bond donors (Lipinski definition) is 3. The van der Waals surface area contributed by atoms with Crippen molar-refractivity contribution in [3.05, 3.63) is 24.3 Å². The topological polar surface area (TPSA) is 105 Å². The zero-order chi connectivity index (χ0) is 50.6. The van der Waals surface area contributed by atoms with Gasteiger partial charge >= 0.3 is 7.82 Å². The molecule has 0 bridgehead atoms. The van der Waals surface area contributed by atoms with Gasteiger partial charge in [0.2, 0.25) is 5.91 Å². The molecule has 3 unspecified atom stereocenters. The normalized spacial score (nSPS) is 14.0. The van der Waals surface area contributed by atoms with Crippen molar-refractivity contribution in [1.29, 1.82) is 0 Å². The molecule has 0 aromatic heterocycles. The van der Waals surface area contributed by atoms with Crippen LogP contribution in [0.1, 0.15) is 303 Å². The Labute approximate surface area is 430 Å². The van der Waals surface area contributed by atoms with Crippen molar-refractivity contribution < 1.29 is 32.9 Å². The van der Waals surface area contributed by atoms with E-state index < -0.39 is 20.0 Å². The third kappa shape index (κ3) is 54.6. The van der Waals surface area contributed by atoms with Crippen molar-refractivity contribution in [2.24, 2.45) is 0 Å². The van der Waals surface area contributed by atoms with E-state index in [1.165, 1.54) is 244 Å². The molecule has 0 heterocycles. The molecule has 0 aliphatic carbocycles. The minimum atomic E-state index is -4.35. The van der Waals surface area contributed by atoms with Crippen molar-refractivity contribution >= 4 is 13.7 Å². The average molecular weight is 997 g/mol. The number of likely N-dealkylation sites (N-methyl/N-ethyl adjacent to an activating group) is 1. The SMILES string of the molecule is CCCCCCCCC/C=C\CCCCCCCCCC(=O)NC(COP(=O)(O)OCC[N+](C)(C)C)C(O)/C=C/CCCCCCCCCCCCCCCCCCCCCCCCCCCCC. The Bertz CT molecular complexity index is 1170. The molecule has 0 fully saturated rings. The number of phosphoric ester groups is 1. The van der Waals surface area contributed by atoms with Gasteiger partial charge in [0, 0.05) is 6.42 Å². The lowest BCUT2D eigenvalue weighted by atomic mass is 10.0. The lowest BCUT2D eigenvalue weighted by Gasteiger charge is -2.25. The maximum Gasteiger partial charge on any atom is 0.472 e. The smallest absolute Gasteiger partial charge is 0.387 e. The summed E-state index contributed by atoms with van der Waals surface area (Å²) in [6.45, 7) is 4.85. The highest BCUT2D eigenvalue weighted by Crippen LogP contribution is 2.43. The quantitative estimate of drug-likeness (QED) is 0.0243. The molecule has 8 nitrogen and oxygen atoms in total. The van der Waals surface area contributed by atoms with E-state index in [2.05, 4.69) is 31.3 Å². The van der Waals surface area contributed by atoms with Gasteiger partial charge in [-0.25, -0.2) is 4.57 Å². The monoisotopic (exact) mass is 996 g/mol. The van der Waals surface area contributed by atoms with Crippen molar-refractivity contribution in [3.63, 3.8) is 0 Å². The largest absolute Gasteiger partial charge is 0.472 e. The lowest BCUT2D eigenvalue weighted by molar-refractivity contribution is -0.870. The maximum absolute atomic E-state index is 13.0. The number of nitrogens with one attached hydrogen (secondary N) is 1. The Morgan fingerprint density at radius 2 is 0.783 bits per heavy atom. The molecule has 9 heteroatoms. The van der Waals surface area contributed by atoms with Crippen LogP contribution in [-0.2, 0) is 18.4 Å².